The highest BCUT2D eigenvalue weighted by Gasteiger charge is 2.23. The van der Waals surface area contributed by atoms with Gasteiger partial charge in [0.2, 0.25) is 5.91 Å². The van der Waals surface area contributed by atoms with Crippen LogP contribution in [0.5, 0.6) is 0 Å². The van der Waals surface area contributed by atoms with Crippen LogP contribution in [0.1, 0.15) is 24.1 Å². The van der Waals surface area contributed by atoms with Crippen LogP contribution in [0.2, 0.25) is 0 Å². The number of hydrogen-bond acceptors (Lipinski definition) is 5. The van der Waals surface area contributed by atoms with E-state index in [-0.39, 0.29) is 11.8 Å². The standard InChI is InChI=1S/C20H24BrN3O3S/c21-17-6-4-16(5-7-17)14-28(26,27)15-20(25)23-18-8-11-24(12-9-18)13-19-3-1-2-10-22-19/h1-7,10,18H,8-9,11-15H2,(H,23,25). The summed E-state index contributed by atoms with van der Waals surface area (Å²) in [4.78, 5) is 18.9. The van der Waals surface area contributed by atoms with Gasteiger partial charge in [-0.1, -0.05) is 34.1 Å². The van der Waals surface area contributed by atoms with Crippen LogP contribution in [-0.2, 0) is 26.9 Å². The lowest BCUT2D eigenvalue weighted by Gasteiger charge is -2.32. The predicted molar refractivity (Wildman–Crippen MR) is 112 cm³/mol. The van der Waals surface area contributed by atoms with Crippen LogP contribution in [0.15, 0.2) is 53.1 Å². The lowest BCUT2D eigenvalue weighted by Crippen LogP contribution is -2.46. The number of piperidine rings is 1. The lowest BCUT2D eigenvalue weighted by molar-refractivity contribution is -0.119. The number of aromatic nitrogens is 1. The van der Waals surface area contributed by atoms with Crippen molar-refractivity contribution in [3.63, 3.8) is 0 Å². The Kier molecular flexibility index (Phi) is 7.20. The number of sulfone groups is 1. The number of likely N-dealkylation sites (tertiary alicyclic amines) is 1. The molecule has 1 aliphatic rings. The molecule has 8 heteroatoms. The summed E-state index contributed by atoms with van der Waals surface area (Å²) in [5, 5.41) is 2.89. The molecule has 2 aromatic rings. The average molecular weight is 466 g/mol. The van der Waals surface area contributed by atoms with Crippen LogP contribution in [-0.4, -0.2) is 49.1 Å². The lowest BCUT2D eigenvalue weighted by atomic mass is 10.0. The number of nitrogens with one attached hydrogen (secondary N) is 1. The maximum Gasteiger partial charge on any atom is 0.235 e. The SMILES string of the molecule is O=C(CS(=O)(=O)Cc1ccc(Br)cc1)NC1CCN(Cc2ccccn2)CC1. The van der Waals surface area contributed by atoms with Crippen LogP contribution in [0.25, 0.3) is 0 Å². The van der Waals surface area contributed by atoms with E-state index >= 15 is 0 Å². The van der Waals surface area contributed by atoms with E-state index in [4.69, 9.17) is 0 Å². The molecule has 0 atom stereocenters. The number of benzene rings is 1. The van der Waals surface area contributed by atoms with Crippen molar-refractivity contribution in [1.82, 2.24) is 15.2 Å². The van der Waals surface area contributed by atoms with Crippen LogP contribution in [0.3, 0.4) is 0 Å². The van der Waals surface area contributed by atoms with Gasteiger partial charge in [-0.05, 0) is 42.7 Å². The van der Waals surface area contributed by atoms with Gasteiger partial charge in [-0.15, -0.1) is 0 Å². The molecular formula is C20H24BrN3O3S. The Bertz CT molecular complexity index is 881. The van der Waals surface area contributed by atoms with Gasteiger partial charge in [0.05, 0.1) is 11.4 Å². The monoisotopic (exact) mass is 465 g/mol. The zero-order valence-electron chi connectivity index (χ0n) is 15.6. The smallest absolute Gasteiger partial charge is 0.235 e. The molecule has 1 N–H and O–H groups in total. The molecule has 1 saturated heterocycles. The third-order valence-electron chi connectivity index (χ3n) is 4.72. The quantitative estimate of drug-likeness (QED) is 0.679. The molecule has 0 saturated carbocycles. The summed E-state index contributed by atoms with van der Waals surface area (Å²) >= 11 is 3.32. The van der Waals surface area contributed by atoms with E-state index in [0.717, 1.165) is 42.6 Å². The summed E-state index contributed by atoms with van der Waals surface area (Å²) in [6.45, 7) is 2.50. The van der Waals surface area contributed by atoms with Gasteiger partial charge in [0.25, 0.3) is 0 Å². The molecule has 0 spiro atoms. The molecule has 6 nitrogen and oxygen atoms in total. The maximum atomic E-state index is 12.3. The normalized spacial score (nSPS) is 16.0. The minimum atomic E-state index is -3.49. The van der Waals surface area contributed by atoms with Gasteiger partial charge in [0.1, 0.15) is 5.75 Å². The zero-order valence-corrected chi connectivity index (χ0v) is 18.0. The molecule has 1 amide bonds. The second-order valence-corrected chi connectivity index (χ2v) is 10.1. The van der Waals surface area contributed by atoms with Crippen molar-refractivity contribution >= 4 is 31.7 Å². The Balaban J connectivity index is 1.43. The number of carbonyl (C=O) groups is 1. The number of carbonyl (C=O) groups excluding carboxylic acids is 1. The highest BCUT2D eigenvalue weighted by Crippen LogP contribution is 2.15. The van der Waals surface area contributed by atoms with E-state index in [2.05, 4.69) is 31.1 Å². The number of pyridine rings is 1. The summed E-state index contributed by atoms with van der Waals surface area (Å²) < 4.78 is 25.5. The molecule has 2 heterocycles. The second kappa shape index (κ2) is 9.62. The second-order valence-electron chi connectivity index (χ2n) is 7.10. The molecular weight excluding hydrogens is 442 g/mol. The van der Waals surface area contributed by atoms with E-state index in [9.17, 15) is 13.2 Å². The van der Waals surface area contributed by atoms with Crippen LogP contribution in [0, 0.1) is 0 Å². The molecule has 150 valence electrons. The van der Waals surface area contributed by atoms with Crippen LogP contribution >= 0.6 is 15.9 Å². The Morgan fingerprint density at radius 3 is 2.50 bits per heavy atom. The molecule has 1 aromatic carbocycles. The molecule has 28 heavy (non-hydrogen) atoms. The highest BCUT2D eigenvalue weighted by molar-refractivity contribution is 9.10. The van der Waals surface area contributed by atoms with Crippen molar-refractivity contribution in [3.8, 4) is 0 Å². The topological polar surface area (TPSA) is 79.4 Å². The summed E-state index contributed by atoms with van der Waals surface area (Å²) in [7, 11) is -3.49. The number of halogens is 1. The Hall–Kier alpha value is -1.77. The molecule has 1 fully saturated rings. The summed E-state index contributed by atoms with van der Waals surface area (Å²) in [6.07, 6.45) is 3.41. The fraction of sp³-hybridized carbons (Fsp3) is 0.400. The molecule has 1 aliphatic heterocycles. The Labute approximate surface area is 174 Å². The summed E-state index contributed by atoms with van der Waals surface area (Å²) in [5.74, 6) is -1.02. The first-order chi connectivity index (χ1) is 13.4. The largest absolute Gasteiger partial charge is 0.352 e. The number of amides is 1. The minimum Gasteiger partial charge on any atom is -0.352 e. The van der Waals surface area contributed by atoms with Crippen molar-refractivity contribution in [3.05, 3.63) is 64.4 Å². The van der Waals surface area contributed by atoms with E-state index in [0.29, 0.717) is 5.56 Å². The van der Waals surface area contributed by atoms with Crippen molar-refractivity contribution in [2.24, 2.45) is 0 Å². The minimum absolute atomic E-state index is 0.0235. The molecule has 0 radical (unpaired) electrons. The molecule has 3 rings (SSSR count). The third kappa shape index (κ3) is 6.68. The van der Waals surface area contributed by atoms with Gasteiger partial charge in [-0.3, -0.25) is 14.7 Å². The molecule has 0 unspecified atom stereocenters. The van der Waals surface area contributed by atoms with E-state index in [1.54, 1.807) is 30.5 Å². The van der Waals surface area contributed by atoms with E-state index < -0.39 is 21.5 Å². The first kappa shape index (κ1) is 21.0. The zero-order chi connectivity index (χ0) is 20.0. The first-order valence-electron chi connectivity index (χ1n) is 9.26. The van der Waals surface area contributed by atoms with Crippen molar-refractivity contribution in [2.45, 2.75) is 31.2 Å². The van der Waals surface area contributed by atoms with Gasteiger partial charge in [-0.2, -0.15) is 0 Å². The Morgan fingerprint density at radius 2 is 1.86 bits per heavy atom. The van der Waals surface area contributed by atoms with Gasteiger partial charge >= 0.3 is 0 Å². The van der Waals surface area contributed by atoms with Crippen molar-refractivity contribution < 1.29 is 13.2 Å². The highest BCUT2D eigenvalue weighted by atomic mass is 79.9. The van der Waals surface area contributed by atoms with E-state index in [1.807, 2.05) is 18.2 Å². The van der Waals surface area contributed by atoms with Gasteiger partial charge in [-0.25, -0.2) is 8.42 Å². The number of hydrogen-bond donors (Lipinski definition) is 1. The van der Waals surface area contributed by atoms with Gasteiger partial charge in [0.15, 0.2) is 9.84 Å². The van der Waals surface area contributed by atoms with Crippen LogP contribution < -0.4 is 5.32 Å². The third-order valence-corrected chi connectivity index (χ3v) is 6.72. The molecule has 0 aliphatic carbocycles. The average Bonchev–Trinajstić information content (AvgIpc) is 2.65. The van der Waals surface area contributed by atoms with Gasteiger partial charge < -0.3 is 5.32 Å². The van der Waals surface area contributed by atoms with Crippen LogP contribution in [0.4, 0.5) is 0 Å². The van der Waals surface area contributed by atoms with Crippen molar-refractivity contribution in [1.29, 1.82) is 0 Å². The van der Waals surface area contributed by atoms with E-state index in [1.165, 1.54) is 0 Å². The molecule has 1 aromatic heterocycles. The Morgan fingerprint density at radius 1 is 1.14 bits per heavy atom. The van der Waals surface area contributed by atoms with Gasteiger partial charge in [0, 0.05) is 36.3 Å². The summed E-state index contributed by atoms with van der Waals surface area (Å²) in [6, 6.07) is 13.0. The predicted octanol–water partition coefficient (Wildman–Crippen LogP) is 2.54. The first-order valence-corrected chi connectivity index (χ1v) is 11.9. The van der Waals surface area contributed by atoms with Crippen molar-refractivity contribution in [2.75, 3.05) is 18.8 Å². The maximum absolute atomic E-state index is 12.3. The summed E-state index contributed by atoms with van der Waals surface area (Å²) in [5.41, 5.74) is 1.71. The fourth-order valence-corrected chi connectivity index (χ4v) is 4.86. The number of rotatable bonds is 7. The number of nitrogens with zero attached hydrogens (tertiary/aromatic N) is 2. The fourth-order valence-electron chi connectivity index (χ4n) is 3.31. The molecule has 0 bridgehead atoms.